The topological polar surface area (TPSA) is 50.4 Å². The molecule has 0 atom stereocenters. The summed E-state index contributed by atoms with van der Waals surface area (Å²) in [6.07, 6.45) is 3.57. The molecule has 1 aromatic rings. The second kappa shape index (κ2) is 8.37. The maximum absolute atomic E-state index is 11.8. The Morgan fingerprint density at radius 1 is 1.43 bits per heavy atom. The predicted molar refractivity (Wildman–Crippen MR) is 85.8 cm³/mol. The molecule has 0 bridgehead atoms. The van der Waals surface area contributed by atoms with E-state index in [9.17, 15) is 4.79 Å². The van der Waals surface area contributed by atoms with Crippen LogP contribution < -0.4 is 10.6 Å². The molecule has 1 aliphatic rings. The lowest BCUT2D eigenvalue weighted by Crippen LogP contribution is -2.29. The number of rotatable bonds is 9. The van der Waals surface area contributed by atoms with Gasteiger partial charge in [0.1, 0.15) is 0 Å². The largest absolute Gasteiger partial charge is 0.381 e. The van der Waals surface area contributed by atoms with Gasteiger partial charge in [0.05, 0.1) is 6.54 Å². The Morgan fingerprint density at radius 3 is 3.00 bits per heavy atom. The summed E-state index contributed by atoms with van der Waals surface area (Å²) >= 11 is 5.92. The van der Waals surface area contributed by atoms with Crippen LogP contribution in [0.3, 0.4) is 0 Å². The highest BCUT2D eigenvalue weighted by atomic mass is 35.5. The fraction of sp³-hybridized carbons (Fsp3) is 0.562. The normalized spacial score (nSPS) is 14.2. The van der Waals surface area contributed by atoms with Crippen LogP contribution in [-0.2, 0) is 9.53 Å². The molecule has 116 valence electrons. The van der Waals surface area contributed by atoms with E-state index in [0.717, 1.165) is 43.3 Å². The molecule has 21 heavy (non-hydrogen) atoms. The Labute approximate surface area is 131 Å². The minimum absolute atomic E-state index is 0.0562. The molecule has 1 saturated carbocycles. The minimum Gasteiger partial charge on any atom is -0.381 e. The first kappa shape index (κ1) is 16.3. The Hall–Kier alpha value is -1.10. The number of aryl methyl sites for hydroxylation is 1. The smallest absolute Gasteiger partial charge is 0.238 e. The first-order valence-corrected chi connectivity index (χ1v) is 7.87. The molecule has 1 amide bonds. The number of hydrogen-bond donors (Lipinski definition) is 2. The first-order valence-electron chi connectivity index (χ1n) is 7.49. The molecule has 2 N–H and O–H groups in total. The highest BCUT2D eigenvalue weighted by Crippen LogP contribution is 2.28. The molecule has 0 aliphatic heterocycles. The molecule has 1 aliphatic carbocycles. The van der Waals surface area contributed by atoms with Gasteiger partial charge in [0, 0.05) is 23.9 Å². The third-order valence-corrected chi connectivity index (χ3v) is 3.69. The van der Waals surface area contributed by atoms with Gasteiger partial charge in [-0.05, 0) is 56.3 Å². The van der Waals surface area contributed by atoms with Crippen LogP contribution in [0.25, 0.3) is 0 Å². The van der Waals surface area contributed by atoms with Crippen molar-refractivity contribution in [2.75, 3.05) is 31.6 Å². The van der Waals surface area contributed by atoms with Crippen molar-refractivity contribution in [2.24, 2.45) is 5.92 Å². The van der Waals surface area contributed by atoms with E-state index >= 15 is 0 Å². The number of nitrogens with one attached hydrogen (secondary N) is 2. The van der Waals surface area contributed by atoms with E-state index in [0.29, 0.717) is 11.6 Å². The Kier molecular flexibility index (Phi) is 6.49. The summed E-state index contributed by atoms with van der Waals surface area (Å²) in [4.78, 5) is 11.8. The number of ether oxygens (including phenoxy) is 1. The quantitative estimate of drug-likeness (QED) is 0.689. The maximum Gasteiger partial charge on any atom is 0.238 e. The zero-order chi connectivity index (χ0) is 15.1. The van der Waals surface area contributed by atoms with Gasteiger partial charge in [-0.25, -0.2) is 0 Å². The summed E-state index contributed by atoms with van der Waals surface area (Å²) in [5, 5.41) is 6.60. The lowest BCUT2D eigenvalue weighted by Gasteiger charge is -2.09. The van der Waals surface area contributed by atoms with E-state index in [4.69, 9.17) is 16.3 Å². The van der Waals surface area contributed by atoms with Crippen LogP contribution in [-0.4, -0.2) is 32.2 Å². The molecule has 5 heteroatoms. The Bertz CT molecular complexity index is 475. The van der Waals surface area contributed by atoms with Crippen LogP contribution >= 0.6 is 11.6 Å². The van der Waals surface area contributed by atoms with Gasteiger partial charge >= 0.3 is 0 Å². The van der Waals surface area contributed by atoms with Gasteiger partial charge in [-0.1, -0.05) is 17.7 Å². The monoisotopic (exact) mass is 310 g/mol. The molecule has 0 aromatic heterocycles. The molecule has 0 unspecified atom stereocenters. The summed E-state index contributed by atoms with van der Waals surface area (Å²) in [6.45, 7) is 4.69. The van der Waals surface area contributed by atoms with Crippen LogP contribution in [0.15, 0.2) is 18.2 Å². The van der Waals surface area contributed by atoms with E-state index in [2.05, 4.69) is 10.6 Å². The standard InChI is InChI=1S/C16H23ClN2O2/c1-12-3-6-14(17)9-15(12)19-16(20)10-18-7-2-8-21-11-13-4-5-13/h3,6,9,13,18H,2,4-5,7-8,10-11H2,1H3,(H,19,20). The molecule has 0 saturated heterocycles. The van der Waals surface area contributed by atoms with Gasteiger partial charge in [0.25, 0.3) is 0 Å². The zero-order valence-corrected chi connectivity index (χ0v) is 13.2. The molecule has 0 heterocycles. The first-order chi connectivity index (χ1) is 10.1. The fourth-order valence-electron chi connectivity index (χ4n) is 1.96. The van der Waals surface area contributed by atoms with E-state index in [-0.39, 0.29) is 5.91 Å². The molecule has 4 nitrogen and oxygen atoms in total. The lowest BCUT2D eigenvalue weighted by molar-refractivity contribution is -0.115. The van der Waals surface area contributed by atoms with Crippen LogP contribution in [0.5, 0.6) is 0 Å². The molecular weight excluding hydrogens is 288 g/mol. The lowest BCUT2D eigenvalue weighted by atomic mass is 10.2. The molecule has 2 rings (SSSR count). The molecule has 0 radical (unpaired) electrons. The van der Waals surface area contributed by atoms with Crippen molar-refractivity contribution in [2.45, 2.75) is 26.2 Å². The zero-order valence-electron chi connectivity index (χ0n) is 12.5. The Balaban J connectivity index is 1.55. The second-order valence-electron chi connectivity index (χ2n) is 5.56. The van der Waals surface area contributed by atoms with Crippen molar-refractivity contribution < 1.29 is 9.53 Å². The van der Waals surface area contributed by atoms with Crippen molar-refractivity contribution in [1.82, 2.24) is 5.32 Å². The van der Waals surface area contributed by atoms with Gasteiger partial charge in [-0.2, -0.15) is 0 Å². The number of benzene rings is 1. The van der Waals surface area contributed by atoms with E-state index in [1.165, 1.54) is 12.8 Å². The van der Waals surface area contributed by atoms with Gasteiger partial charge < -0.3 is 15.4 Å². The summed E-state index contributed by atoms with van der Waals surface area (Å²) in [6, 6.07) is 5.47. The summed E-state index contributed by atoms with van der Waals surface area (Å²) in [5.41, 5.74) is 1.77. The van der Waals surface area contributed by atoms with Gasteiger partial charge in [0.15, 0.2) is 0 Å². The fourth-order valence-corrected chi connectivity index (χ4v) is 2.13. The molecule has 1 aromatic carbocycles. The number of anilines is 1. The molecule has 0 spiro atoms. The highest BCUT2D eigenvalue weighted by Gasteiger charge is 2.20. The van der Waals surface area contributed by atoms with Gasteiger partial charge in [-0.3, -0.25) is 4.79 Å². The highest BCUT2D eigenvalue weighted by molar-refractivity contribution is 6.31. The summed E-state index contributed by atoms with van der Waals surface area (Å²) < 4.78 is 5.53. The van der Waals surface area contributed by atoms with E-state index in [1.54, 1.807) is 6.07 Å². The third kappa shape index (κ3) is 6.46. The van der Waals surface area contributed by atoms with Crippen LogP contribution in [0.4, 0.5) is 5.69 Å². The van der Waals surface area contributed by atoms with Crippen LogP contribution in [0, 0.1) is 12.8 Å². The molecular formula is C16H23ClN2O2. The number of amides is 1. The average molecular weight is 311 g/mol. The Morgan fingerprint density at radius 2 is 2.24 bits per heavy atom. The number of hydrogen-bond acceptors (Lipinski definition) is 3. The van der Waals surface area contributed by atoms with Crippen molar-refractivity contribution in [3.05, 3.63) is 28.8 Å². The van der Waals surface area contributed by atoms with Crippen molar-refractivity contribution >= 4 is 23.2 Å². The van der Waals surface area contributed by atoms with Gasteiger partial charge in [-0.15, -0.1) is 0 Å². The van der Waals surface area contributed by atoms with Crippen molar-refractivity contribution in [3.63, 3.8) is 0 Å². The number of carbonyl (C=O) groups is 1. The van der Waals surface area contributed by atoms with Crippen LogP contribution in [0.1, 0.15) is 24.8 Å². The summed E-state index contributed by atoms with van der Waals surface area (Å²) in [5.74, 6) is 0.754. The van der Waals surface area contributed by atoms with Crippen LogP contribution in [0.2, 0.25) is 5.02 Å². The number of carbonyl (C=O) groups excluding carboxylic acids is 1. The average Bonchev–Trinajstić information content (AvgIpc) is 3.26. The van der Waals surface area contributed by atoms with E-state index < -0.39 is 0 Å². The SMILES string of the molecule is Cc1ccc(Cl)cc1NC(=O)CNCCCOCC1CC1. The van der Waals surface area contributed by atoms with Crippen molar-refractivity contribution in [1.29, 1.82) is 0 Å². The second-order valence-corrected chi connectivity index (χ2v) is 5.99. The third-order valence-electron chi connectivity index (χ3n) is 3.45. The maximum atomic E-state index is 11.8. The van der Waals surface area contributed by atoms with Crippen molar-refractivity contribution in [3.8, 4) is 0 Å². The predicted octanol–water partition coefficient (Wildman–Crippen LogP) is 2.99. The minimum atomic E-state index is -0.0562. The molecule has 1 fully saturated rings. The summed E-state index contributed by atoms with van der Waals surface area (Å²) in [7, 11) is 0. The van der Waals surface area contributed by atoms with Gasteiger partial charge in [0.2, 0.25) is 5.91 Å². The number of halogens is 1. The van der Waals surface area contributed by atoms with E-state index in [1.807, 2.05) is 19.1 Å².